The summed E-state index contributed by atoms with van der Waals surface area (Å²) in [6, 6.07) is 17.1. The number of likely N-dealkylation sites (tertiary alicyclic amines) is 1. The quantitative estimate of drug-likeness (QED) is 0.244. The summed E-state index contributed by atoms with van der Waals surface area (Å²) >= 11 is 0. The second-order valence-corrected chi connectivity index (χ2v) is 12.4. The van der Waals surface area contributed by atoms with Crippen LogP contribution in [0, 0.1) is 0 Å². The number of carbonyl (C=O) groups excluding carboxylic acids is 1. The van der Waals surface area contributed by atoms with Gasteiger partial charge in [0.1, 0.15) is 11.4 Å². The van der Waals surface area contributed by atoms with E-state index in [1.54, 1.807) is 14.2 Å². The van der Waals surface area contributed by atoms with Crippen molar-refractivity contribution in [1.82, 2.24) is 9.88 Å². The third kappa shape index (κ3) is 7.53. The fourth-order valence-electron chi connectivity index (χ4n) is 5.78. The van der Waals surface area contributed by atoms with Crippen molar-refractivity contribution in [1.29, 1.82) is 0 Å². The lowest BCUT2D eigenvalue weighted by Crippen LogP contribution is -2.48. The fourth-order valence-corrected chi connectivity index (χ4v) is 5.78. The smallest absolute Gasteiger partial charge is 0.410 e. The molecular weight excluding hydrogens is 542 g/mol. The van der Waals surface area contributed by atoms with E-state index in [0.29, 0.717) is 32.2 Å². The first-order valence-electron chi connectivity index (χ1n) is 15.4. The number of aromatic nitrogens is 1. The van der Waals surface area contributed by atoms with Crippen LogP contribution in [0.1, 0.15) is 70.4 Å². The molecule has 1 saturated heterocycles. The summed E-state index contributed by atoms with van der Waals surface area (Å²) in [7, 11) is 3.39. The molecule has 2 aliphatic rings. The van der Waals surface area contributed by atoms with Crippen molar-refractivity contribution in [2.24, 2.45) is 0 Å². The van der Waals surface area contributed by atoms with Gasteiger partial charge in [0.05, 0.1) is 26.5 Å². The summed E-state index contributed by atoms with van der Waals surface area (Å²) in [6.45, 7) is 10.4. The van der Waals surface area contributed by atoms with Crippen molar-refractivity contribution >= 4 is 11.8 Å². The number of hydrogen-bond donors (Lipinski definition) is 0. The number of nitrogens with zero attached hydrogens (tertiary/aromatic N) is 3. The molecule has 230 valence electrons. The minimum Gasteiger partial charge on any atom is -0.494 e. The molecule has 5 rings (SSSR count). The number of carbonyl (C=O) groups is 1. The van der Waals surface area contributed by atoms with Crippen LogP contribution in [0.15, 0.2) is 54.7 Å². The highest BCUT2D eigenvalue weighted by Crippen LogP contribution is 2.49. The molecule has 1 aliphatic heterocycles. The Balaban J connectivity index is 1.40. The zero-order valence-corrected chi connectivity index (χ0v) is 26.4. The van der Waals surface area contributed by atoms with E-state index < -0.39 is 5.60 Å². The standard InChI is InChI=1S/C35H45N3O5/c1-7-42-29-12-10-27(11-13-29)38(28-15-18-37(19-16-28)34(39)43-35(2,3)4)23-24-14-17-36-31(20-24)26-21-30(25-8-9-25)33(41-6)32(22-26)40-5/h10-14,17,20-22,25,28H,7-9,15-16,18-19,23H2,1-6H3. The summed E-state index contributed by atoms with van der Waals surface area (Å²) in [5.74, 6) is 2.93. The molecule has 3 aromatic rings. The van der Waals surface area contributed by atoms with Crippen molar-refractivity contribution in [2.45, 2.75) is 77.5 Å². The molecular formula is C35H45N3O5. The van der Waals surface area contributed by atoms with E-state index >= 15 is 0 Å². The lowest BCUT2D eigenvalue weighted by atomic mass is 10.00. The second kappa shape index (κ2) is 13.1. The molecule has 1 aromatic heterocycles. The van der Waals surface area contributed by atoms with Crippen LogP contribution in [0.25, 0.3) is 11.3 Å². The van der Waals surface area contributed by atoms with Gasteiger partial charge in [-0.2, -0.15) is 0 Å². The van der Waals surface area contributed by atoms with E-state index in [0.717, 1.165) is 52.6 Å². The predicted molar refractivity (Wildman–Crippen MR) is 169 cm³/mol. The highest BCUT2D eigenvalue weighted by molar-refractivity contribution is 5.69. The number of methoxy groups -OCH3 is 2. The molecule has 2 fully saturated rings. The molecule has 0 bridgehead atoms. The molecule has 1 amide bonds. The second-order valence-electron chi connectivity index (χ2n) is 12.4. The van der Waals surface area contributed by atoms with Gasteiger partial charge in [-0.25, -0.2) is 4.79 Å². The molecule has 8 nitrogen and oxygen atoms in total. The highest BCUT2D eigenvalue weighted by Gasteiger charge is 2.31. The number of hydrogen-bond acceptors (Lipinski definition) is 7. The van der Waals surface area contributed by atoms with Gasteiger partial charge < -0.3 is 28.7 Å². The van der Waals surface area contributed by atoms with Gasteiger partial charge in [0, 0.05) is 48.7 Å². The van der Waals surface area contributed by atoms with E-state index in [9.17, 15) is 4.79 Å². The van der Waals surface area contributed by atoms with Gasteiger partial charge in [-0.15, -0.1) is 0 Å². The van der Waals surface area contributed by atoms with Crippen LogP contribution in [0.5, 0.6) is 17.2 Å². The summed E-state index contributed by atoms with van der Waals surface area (Å²) < 4.78 is 22.8. The maximum Gasteiger partial charge on any atom is 0.410 e. The number of piperidine rings is 1. The Morgan fingerprint density at radius 1 is 0.977 bits per heavy atom. The third-order valence-electron chi connectivity index (χ3n) is 8.03. The average molecular weight is 588 g/mol. The molecule has 1 saturated carbocycles. The van der Waals surface area contributed by atoms with E-state index in [1.807, 2.05) is 57.0 Å². The third-order valence-corrected chi connectivity index (χ3v) is 8.03. The van der Waals surface area contributed by atoms with Gasteiger partial charge in [0.15, 0.2) is 11.5 Å². The first-order chi connectivity index (χ1) is 20.7. The molecule has 0 atom stereocenters. The molecule has 0 unspecified atom stereocenters. The normalized spacial score (nSPS) is 15.6. The molecule has 1 aliphatic carbocycles. The summed E-state index contributed by atoms with van der Waals surface area (Å²) in [5.41, 5.74) is 4.91. The van der Waals surface area contributed by atoms with Crippen molar-refractivity contribution in [2.75, 3.05) is 38.8 Å². The first kappa shape index (κ1) is 30.5. The highest BCUT2D eigenvalue weighted by atomic mass is 16.6. The summed E-state index contributed by atoms with van der Waals surface area (Å²) in [5, 5.41) is 0. The van der Waals surface area contributed by atoms with Crippen molar-refractivity contribution < 1.29 is 23.7 Å². The Hall–Kier alpha value is -3.94. The average Bonchev–Trinajstić information content (AvgIpc) is 3.85. The Kier molecular flexibility index (Phi) is 9.33. The van der Waals surface area contributed by atoms with Crippen LogP contribution in [0.3, 0.4) is 0 Å². The molecule has 2 aromatic carbocycles. The minimum absolute atomic E-state index is 0.238. The molecule has 2 heterocycles. The van der Waals surface area contributed by atoms with Crippen molar-refractivity contribution in [3.8, 4) is 28.5 Å². The zero-order chi connectivity index (χ0) is 30.6. The molecule has 0 spiro atoms. The van der Waals surface area contributed by atoms with Crippen LogP contribution in [0.2, 0.25) is 0 Å². The van der Waals surface area contributed by atoms with Gasteiger partial charge in [-0.3, -0.25) is 4.98 Å². The van der Waals surface area contributed by atoms with Crippen LogP contribution in [-0.4, -0.2) is 61.5 Å². The Bertz CT molecular complexity index is 1390. The van der Waals surface area contributed by atoms with Gasteiger partial charge in [0.25, 0.3) is 0 Å². The number of rotatable bonds is 10. The van der Waals surface area contributed by atoms with Crippen LogP contribution in [0.4, 0.5) is 10.5 Å². The molecule has 8 heteroatoms. The maximum absolute atomic E-state index is 12.7. The lowest BCUT2D eigenvalue weighted by molar-refractivity contribution is 0.0204. The van der Waals surface area contributed by atoms with E-state index in [1.165, 1.54) is 18.4 Å². The van der Waals surface area contributed by atoms with E-state index in [4.69, 9.17) is 23.9 Å². The largest absolute Gasteiger partial charge is 0.494 e. The number of benzene rings is 2. The number of pyridine rings is 1. The van der Waals surface area contributed by atoms with Gasteiger partial charge in [-0.1, -0.05) is 0 Å². The fraction of sp³-hybridized carbons (Fsp3) is 0.486. The molecule has 0 N–H and O–H groups in total. The van der Waals surface area contributed by atoms with Crippen LogP contribution >= 0.6 is 0 Å². The predicted octanol–water partition coefficient (Wildman–Crippen LogP) is 7.45. The van der Waals surface area contributed by atoms with Gasteiger partial charge in [-0.05, 0) is 113 Å². The minimum atomic E-state index is -0.505. The zero-order valence-electron chi connectivity index (χ0n) is 26.4. The summed E-state index contributed by atoms with van der Waals surface area (Å²) in [4.78, 5) is 21.8. The van der Waals surface area contributed by atoms with Crippen LogP contribution in [-0.2, 0) is 11.3 Å². The number of amides is 1. The number of ether oxygens (including phenoxy) is 4. The monoisotopic (exact) mass is 587 g/mol. The van der Waals surface area contributed by atoms with Crippen molar-refractivity contribution in [3.63, 3.8) is 0 Å². The van der Waals surface area contributed by atoms with Crippen LogP contribution < -0.4 is 19.1 Å². The van der Waals surface area contributed by atoms with E-state index in [2.05, 4.69) is 35.2 Å². The molecule has 0 radical (unpaired) electrons. The van der Waals surface area contributed by atoms with E-state index in [-0.39, 0.29) is 12.1 Å². The Morgan fingerprint density at radius 2 is 1.70 bits per heavy atom. The van der Waals surface area contributed by atoms with Gasteiger partial charge in [0.2, 0.25) is 0 Å². The molecule has 43 heavy (non-hydrogen) atoms. The topological polar surface area (TPSA) is 73.4 Å². The SMILES string of the molecule is CCOc1ccc(N(Cc2ccnc(-c3cc(OC)c(OC)c(C4CC4)c3)c2)C2CCN(C(=O)OC(C)(C)C)CC2)cc1. The number of anilines is 1. The Morgan fingerprint density at radius 3 is 2.30 bits per heavy atom. The van der Waals surface area contributed by atoms with Crippen molar-refractivity contribution in [3.05, 3.63) is 65.9 Å². The van der Waals surface area contributed by atoms with Gasteiger partial charge >= 0.3 is 6.09 Å². The Labute approximate surface area is 255 Å². The lowest BCUT2D eigenvalue weighted by Gasteiger charge is -2.40. The summed E-state index contributed by atoms with van der Waals surface area (Å²) in [6.07, 6.45) is 5.69. The first-order valence-corrected chi connectivity index (χ1v) is 15.4. The maximum atomic E-state index is 12.7.